The molecule has 0 bridgehead atoms. The van der Waals surface area contributed by atoms with Gasteiger partial charge < -0.3 is 0 Å². The van der Waals surface area contributed by atoms with E-state index in [-0.39, 0.29) is 5.41 Å². The van der Waals surface area contributed by atoms with Gasteiger partial charge in [-0.2, -0.15) is 0 Å². The van der Waals surface area contributed by atoms with Gasteiger partial charge in [-0.1, -0.05) is 111 Å². The van der Waals surface area contributed by atoms with E-state index in [0.717, 1.165) is 0 Å². The van der Waals surface area contributed by atoms with Crippen molar-refractivity contribution < 1.29 is 0 Å². The first kappa shape index (κ1) is 24.9. The van der Waals surface area contributed by atoms with Crippen molar-refractivity contribution in [3.05, 3.63) is 129 Å². The van der Waals surface area contributed by atoms with Crippen molar-refractivity contribution in [1.29, 1.82) is 0 Å². The Kier molecular flexibility index (Phi) is 6.89. The number of hydrogen-bond donors (Lipinski definition) is 0. The van der Waals surface area contributed by atoms with Gasteiger partial charge >= 0.3 is 0 Å². The van der Waals surface area contributed by atoms with E-state index in [1.165, 1.54) is 101 Å². The van der Waals surface area contributed by atoms with E-state index in [1.807, 2.05) is 0 Å². The van der Waals surface area contributed by atoms with Crippen molar-refractivity contribution in [1.82, 2.24) is 0 Å². The number of hydrogen-bond acceptors (Lipinski definition) is 0. The van der Waals surface area contributed by atoms with E-state index in [0.29, 0.717) is 0 Å². The third-order valence-corrected chi connectivity index (χ3v) is 10.2. The Morgan fingerprint density at radius 3 is 1.33 bits per heavy atom. The lowest BCUT2D eigenvalue weighted by Crippen LogP contribution is -2.25. The summed E-state index contributed by atoms with van der Waals surface area (Å²) in [5.41, 5.74) is 15.8. The van der Waals surface area contributed by atoms with Gasteiger partial charge in [-0.3, -0.25) is 0 Å². The van der Waals surface area contributed by atoms with Crippen molar-refractivity contribution in [3.63, 3.8) is 0 Å². The molecule has 4 aromatic carbocycles. The van der Waals surface area contributed by atoms with Crippen LogP contribution in [0, 0.1) is 0 Å². The lowest BCUT2D eigenvalue weighted by atomic mass is 9.70. The van der Waals surface area contributed by atoms with E-state index in [4.69, 9.17) is 0 Å². The molecular weight excluding hydrogens is 468 g/mol. The van der Waals surface area contributed by atoms with Gasteiger partial charge in [-0.25, -0.2) is 0 Å². The fourth-order valence-electron chi connectivity index (χ4n) is 7.75. The van der Waals surface area contributed by atoms with Gasteiger partial charge in [0.25, 0.3) is 0 Å². The van der Waals surface area contributed by atoms with Crippen LogP contribution in [0.25, 0.3) is 11.1 Å². The topological polar surface area (TPSA) is 0 Å². The Morgan fingerprint density at radius 2 is 0.897 bits per heavy atom. The number of aryl methyl sites for hydroxylation is 6. The van der Waals surface area contributed by atoms with Crippen molar-refractivity contribution in [2.24, 2.45) is 0 Å². The highest BCUT2D eigenvalue weighted by atomic mass is 14.4. The SMILES string of the molecule is c1ccc2c(c1)-c1ccccc1C2(CCCCCc1ccc2c(c1)CC2)CCCCCc1ccc2c(c1)CC2. The molecule has 0 fully saturated rings. The lowest BCUT2D eigenvalue weighted by molar-refractivity contribution is 0.402. The van der Waals surface area contributed by atoms with E-state index >= 15 is 0 Å². The fourth-order valence-corrected chi connectivity index (χ4v) is 7.75. The van der Waals surface area contributed by atoms with Crippen LogP contribution in [0.1, 0.15) is 95.9 Å². The van der Waals surface area contributed by atoms with Crippen LogP contribution in [-0.2, 0) is 43.9 Å². The van der Waals surface area contributed by atoms with Crippen molar-refractivity contribution >= 4 is 0 Å². The van der Waals surface area contributed by atoms with Crippen molar-refractivity contribution in [2.45, 2.75) is 95.3 Å². The second-order valence-corrected chi connectivity index (χ2v) is 12.5. The van der Waals surface area contributed by atoms with Crippen LogP contribution < -0.4 is 0 Å². The molecule has 0 amide bonds. The smallest absolute Gasteiger partial charge is 0.0215 e. The van der Waals surface area contributed by atoms with Crippen molar-refractivity contribution in [3.8, 4) is 11.1 Å². The van der Waals surface area contributed by atoms with Gasteiger partial charge in [-0.15, -0.1) is 0 Å². The van der Waals surface area contributed by atoms with Crippen LogP contribution in [0.2, 0.25) is 0 Å². The number of rotatable bonds is 12. The van der Waals surface area contributed by atoms with Crippen LogP contribution in [0.5, 0.6) is 0 Å². The summed E-state index contributed by atoms with van der Waals surface area (Å²) in [5, 5.41) is 0. The standard InChI is InChI=1S/C39H42/c1(3-11-29-17-19-31-21-23-33(31)27-29)9-25-39(26-10-2-4-12-30-18-20-32-22-24-34(32)28-30)37-15-7-5-13-35(37)36-14-6-8-16-38(36)39/h5-8,13-20,27-28H,1-4,9-12,21-26H2. The minimum atomic E-state index is 0.179. The molecule has 4 aromatic rings. The first-order valence-electron chi connectivity index (χ1n) is 15.7. The Morgan fingerprint density at radius 1 is 0.436 bits per heavy atom. The summed E-state index contributed by atoms with van der Waals surface area (Å²) in [7, 11) is 0. The normalized spacial score (nSPS) is 15.5. The zero-order chi connectivity index (χ0) is 26.1. The summed E-state index contributed by atoms with van der Waals surface area (Å²) in [6.07, 6.45) is 18.0. The first-order chi connectivity index (χ1) is 19.3. The zero-order valence-electron chi connectivity index (χ0n) is 23.5. The van der Waals surface area contributed by atoms with Crippen LogP contribution in [0.3, 0.4) is 0 Å². The molecule has 0 heterocycles. The predicted octanol–water partition coefficient (Wildman–Crippen LogP) is 9.76. The molecule has 0 saturated carbocycles. The molecular formula is C39H42. The highest BCUT2D eigenvalue weighted by Gasteiger charge is 2.41. The molecule has 0 spiro atoms. The lowest BCUT2D eigenvalue weighted by Gasteiger charge is -2.33. The molecule has 198 valence electrons. The molecule has 0 aliphatic heterocycles. The third-order valence-electron chi connectivity index (χ3n) is 10.2. The highest BCUT2D eigenvalue weighted by Crippen LogP contribution is 2.54. The number of fused-ring (bicyclic) bond motifs is 5. The molecule has 3 aliphatic carbocycles. The molecule has 0 heteroatoms. The van der Waals surface area contributed by atoms with E-state index in [1.54, 1.807) is 44.5 Å². The van der Waals surface area contributed by atoms with Crippen LogP contribution in [0.4, 0.5) is 0 Å². The molecule has 0 saturated heterocycles. The van der Waals surface area contributed by atoms with E-state index in [2.05, 4.69) is 84.9 Å². The van der Waals surface area contributed by atoms with Gasteiger partial charge in [0.15, 0.2) is 0 Å². The maximum Gasteiger partial charge on any atom is 0.0215 e. The Balaban J connectivity index is 1.01. The average Bonchev–Trinajstić information content (AvgIpc) is 3.21. The minimum Gasteiger partial charge on any atom is -0.0619 e. The fraction of sp³-hybridized carbons (Fsp3) is 0.385. The van der Waals surface area contributed by atoms with Crippen LogP contribution >= 0.6 is 0 Å². The molecule has 39 heavy (non-hydrogen) atoms. The van der Waals surface area contributed by atoms with Gasteiger partial charge in [0.1, 0.15) is 0 Å². The second kappa shape index (κ2) is 10.8. The highest BCUT2D eigenvalue weighted by molar-refractivity contribution is 5.81. The van der Waals surface area contributed by atoms with Gasteiger partial charge in [0, 0.05) is 5.41 Å². The summed E-state index contributed by atoms with van der Waals surface area (Å²) in [4.78, 5) is 0. The molecule has 0 radical (unpaired) electrons. The number of benzene rings is 4. The van der Waals surface area contributed by atoms with E-state index < -0.39 is 0 Å². The quantitative estimate of drug-likeness (QED) is 0.166. The molecule has 3 aliphatic rings. The summed E-state index contributed by atoms with van der Waals surface area (Å²) < 4.78 is 0. The van der Waals surface area contributed by atoms with E-state index in [9.17, 15) is 0 Å². The average molecular weight is 511 g/mol. The summed E-state index contributed by atoms with van der Waals surface area (Å²) in [6.45, 7) is 0. The van der Waals surface area contributed by atoms with Crippen LogP contribution in [0.15, 0.2) is 84.9 Å². The Labute approximate surface area is 235 Å². The predicted molar refractivity (Wildman–Crippen MR) is 165 cm³/mol. The summed E-state index contributed by atoms with van der Waals surface area (Å²) in [5.74, 6) is 0. The Bertz CT molecular complexity index is 1360. The Hall–Kier alpha value is -3.12. The van der Waals surface area contributed by atoms with Gasteiger partial charge in [0.05, 0.1) is 0 Å². The molecule has 0 unspecified atom stereocenters. The molecule has 0 atom stereocenters. The monoisotopic (exact) mass is 510 g/mol. The molecule has 0 N–H and O–H groups in total. The molecule has 0 aromatic heterocycles. The maximum atomic E-state index is 2.48. The maximum absolute atomic E-state index is 2.48. The summed E-state index contributed by atoms with van der Waals surface area (Å²) >= 11 is 0. The summed E-state index contributed by atoms with van der Waals surface area (Å²) in [6, 6.07) is 33.1. The molecule has 0 nitrogen and oxygen atoms in total. The number of unbranched alkanes of at least 4 members (excludes halogenated alkanes) is 4. The van der Waals surface area contributed by atoms with Gasteiger partial charge in [-0.05, 0) is 120 Å². The minimum absolute atomic E-state index is 0.179. The largest absolute Gasteiger partial charge is 0.0619 e. The van der Waals surface area contributed by atoms with Crippen molar-refractivity contribution in [2.75, 3.05) is 0 Å². The second-order valence-electron chi connectivity index (χ2n) is 12.5. The third kappa shape index (κ3) is 4.77. The van der Waals surface area contributed by atoms with Crippen LogP contribution in [-0.4, -0.2) is 0 Å². The zero-order valence-corrected chi connectivity index (χ0v) is 23.5. The first-order valence-corrected chi connectivity index (χ1v) is 15.7. The van der Waals surface area contributed by atoms with Gasteiger partial charge in [0.2, 0.25) is 0 Å². The molecule has 7 rings (SSSR count).